The number of carbonyl (C=O) groups is 6. The van der Waals surface area contributed by atoms with Crippen molar-refractivity contribution in [3.8, 4) is 34.2 Å². The summed E-state index contributed by atoms with van der Waals surface area (Å²) in [6, 6.07) is 15.2. The van der Waals surface area contributed by atoms with E-state index in [1.54, 1.807) is 0 Å². The van der Waals surface area contributed by atoms with E-state index in [4.69, 9.17) is 0 Å². The Kier molecular flexibility index (Phi) is 18.9. The number of hydrogen-bond donors (Lipinski definition) is 0. The summed E-state index contributed by atoms with van der Waals surface area (Å²) in [4.78, 5) is 87.7. The molecule has 0 fully saturated rings. The largest absolute Gasteiger partial charge is 3.00 e. The summed E-state index contributed by atoms with van der Waals surface area (Å²) in [6.45, 7) is 0. The third-order valence-corrected chi connectivity index (χ3v) is 6.76. The summed E-state index contributed by atoms with van der Waals surface area (Å²) >= 11 is 0. The van der Waals surface area contributed by atoms with Crippen molar-refractivity contribution in [3.05, 3.63) is 143 Å². The first-order valence-corrected chi connectivity index (χ1v) is 14.8. The normalized spacial score (nSPS) is 9.64. The molecule has 0 aliphatic heterocycles. The maximum atomic E-state index is 10.7. The average Bonchev–Trinajstić information content (AvgIpc) is 3.18. The van der Waals surface area contributed by atoms with Crippen LogP contribution in [0.1, 0.15) is 62.1 Å². The van der Waals surface area contributed by atoms with Gasteiger partial charge in [-0.15, -0.1) is 0 Å². The molecule has 0 atom stereocenters. The molecule has 0 spiro atoms. The Hall–Kier alpha value is -5.11. The van der Waals surface area contributed by atoms with Crippen molar-refractivity contribution in [2.45, 2.75) is 0 Å². The monoisotopic (exact) mass is 1030 g/mol. The fourth-order valence-electron chi connectivity index (χ4n) is 4.19. The molecule has 6 heterocycles. The van der Waals surface area contributed by atoms with E-state index in [1.807, 2.05) is 0 Å². The molecule has 0 bridgehead atoms. The van der Waals surface area contributed by atoms with Gasteiger partial charge in [0.05, 0.1) is 70.0 Å². The van der Waals surface area contributed by atoms with Crippen LogP contribution in [0.15, 0.2) is 110 Å². The summed E-state index contributed by atoms with van der Waals surface area (Å²) in [5.41, 5.74) is 1.17. The zero-order valence-electron chi connectivity index (χ0n) is 27.7. The fourth-order valence-corrected chi connectivity index (χ4v) is 4.19. The molecule has 0 unspecified atom stereocenters. The first kappa shape index (κ1) is 47.0. The van der Waals surface area contributed by atoms with Gasteiger partial charge in [-0.25, -0.2) is 0 Å². The van der Waals surface area contributed by atoms with E-state index in [0.717, 1.165) is 0 Å². The van der Waals surface area contributed by atoms with Gasteiger partial charge >= 0.3 is 98.8 Å². The molecule has 20 heteroatoms. The van der Waals surface area contributed by atoms with Crippen molar-refractivity contribution in [2.75, 3.05) is 0 Å². The molecule has 6 rings (SSSR count). The molecule has 0 aliphatic rings. The minimum atomic E-state index is -1.34. The molecule has 0 radical (unpaired) electrons. The predicted molar refractivity (Wildman–Crippen MR) is 168 cm³/mol. The minimum absolute atomic E-state index is 0. The topological polar surface area (TPSA) is 318 Å². The van der Waals surface area contributed by atoms with E-state index in [9.17, 15) is 59.4 Å². The number of carboxylic acids is 6. The number of aromatic carboxylic acids is 6. The fraction of sp³-hybridized carbons (Fsp3) is 0. The first-order chi connectivity index (χ1) is 25.7. The Morgan fingerprint density at radius 1 is 0.286 bits per heavy atom. The van der Waals surface area contributed by atoms with Gasteiger partial charge in [0.25, 0.3) is 0 Å². The molecule has 0 saturated heterocycles. The van der Waals surface area contributed by atoms with E-state index in [-0.39, 0.29) is 166 Å². The van der Waals surface area contributed by atoms with Crippen LogP contribution in [0.5, 0.6) is 0 Å². The van der Waals surface area contributed by atoms with Gasteiger partial charge in [-0.2, -0.15) is 0 Å². The number of carbonyl (C=O) groups excluding carboxylic acids is 6. The van der Waals surface area contributed by atoms with Gasteiger partial charge < -0.3 is 59.4 Å². The van der Waals surface area contributed by atoms with Crippen LogP contribution < -0.4 is 30.6 Å². The second-order valence-corrected chi connectivity index (χ2v) is 10.3. The zero-order valence-corrected chi connectivity index (χ0v) is 32.6. The number of carboxylic acid groups (broad SMARTS) is 6. The molecule has 0 N–H and O–H groups in total. The number of nitrogens with zero attached hydrogens (tertiary/aromatic N) is 6. The smallest absolute Gasteiger partial charge is 0.545 e. The molecule has 0 aliphatic carbocycles. The second kappa shape index (κ2) is 22.4. The number of aromatic nitrogens is 6. The molecular weight excluding hydrogens is 1010 g/mol. The van der Waals surface area contributed by atoms with Crippen molar-refractivity contribution in [2.24, 2.45) is 0 Å². The Balaban J connectivity index is 0.000000285. The minimum Gasteiger partial charge on any atom is -0.545 e. The van der Waals surface area contributed by atoms with E-state index in [1.165, 1.54) is 110 Å². The zero-order chi connectivity index (χ0) is 39.4. The first-order valence-electron chi connectivity index (χ1n) is 14.8. The molecule has 278 valence electrons. The van der Waals surface area contributed by atoms with Crippen LogP contribution in [0.2, 0.25) is 0 Å². The molecule has 0 saturated carbocycles. The van der Waals surface area contributed by atoms with E-state index in [0.29, 0.717) is 0 Å². The van der Waals surface area contributed by atoms with Crippen molar-refractivity contribution >= 4 is 35.8 Å². The van der Waals surface area contributed by atoms with Crippen LogP contribution in [0.4, 0.5) is 0 Å². The third-order valence-electron chi connectivity index (χ3n) is 6.76. The molecular formula is C36H18Eu2N6O12. The van der Waals surface area contributed by atoms with E-state index >= 15 is 0 Å². The standard InChI is InChI=1S/3C12H8N2O4.2Eu/c3*15-11(16)7-1-3-13-9(5-7)10-6-8(12(17)18)2-4-14-10;;/h3*1-6H,(H,15,16)(H,17,18);;/q;;;2*+3/p-6. The quantitative estimate of drug-likeness (QED) is 0.136. The van der Waals surface area contributed by atoms with Crippen LogP contribution in [0.25, 0.3) is 34.2 Å². The van der Waals surface area contributed by atoms with Gasteiger partial charge in [0.15, 0.2) is 0 Å². The molecule has 6 aromatic rings. The summed E-state index contributed by atoms with van der Waals surface area (Å²) in [7, 11) is 0. The van der Waals surface area contributed by atoms with E-state index in [2.05, 4.69) is 29.9 Å². The van der Waals surface area contributed by atoms with Crippen LogP contribution in [-0.2, 0) is 0 Å². The van der Waals surface area contributed by atoms with Gasteiger partial charge in [-0.3, -0.25) is 29.9 Å². The molecule has 18 nitrogen and oxygen atoms in total. The maximum absolute atomic E-state index is 10.7. The van der Waals surface area contributed by atoms with Gasteiger partial charge in [0, 0.05) is 70.6 Å². The van der Waals surface area contributed by atoms with Crippen molar-refractivity contribution < 1.29 is 158 Å². The Morgan fingerprint density at radius 2 is 0.411 bits per heavy atom. The number of hydrogen-bond acceptors (Lipinski definition) is 18. The molecule has 56 heavy (non-hydrogen) atoms. The molecule has 6 aromatic heterocycles. The van der Waals surface area contributed by atoms with E-state index < -0.39 is 35.8 Å². The molecule has 0 aromatic carbocycles. The number of rotatable bonds is 9. The Bertz CT molecular complexity index is 1980. The second-order valence-electron chi connectivity index (χ2n) is 10.3. The Morgan fingerprint density at radius 3 is 0.518 bits per heavy atom. The summed E-state index contributed by atoms with van der Waals surface area (Å²) in [5.74, 6) is -8.03. The SMILES string of the molecule is O=C([O-])c1ccnc(-c2cc(C(=O)[O-])ccn2)c1.O=C([O-])c1ccnc(-c2cc(C(=O)[O-])ccn2)c1.O=C([O-])c1ccnc(-c2cc(C(=O)[O-])ccn2)c1.[Eu+3].[Eu+3]. The number of pyridine rings is 6. The predicted octanol–water partition coefficient (Wildman–Crippen LogP) is -3.39. The van der Waals surface area contributed by atoms with Crippen molar-refractivity contribution in [1.29, 1.82) is 0 Å². The van der Waals surface area contributed by atoms with Gasteiger partial charge in [0.1, 0.15) is 0 Å². The van der Waals surface area contributed by atoms with Crippen LogP contribution >= 0.6 is 0 Å². The summed E-state index contributed by atoms with van der Waals surface area (Å²) in [6.07, 6.45) is 7.71. The Labute approximate surface area is 396 Å². The maximum Gasteiger partial charge on any atom is 3.00 e. The summed E-state index contributed by atoms with van der Waals surface area (Å²) in [5, 5.41) is 64.2. The van der Waals surface area contributed by atoms with Crippen LogP contribution in [0, 0.1) is 98.8 Å². The van der Waals surface area contributed by atoms with Gasteiger partial charge in [0.2, 0.25) is 0 Å². The average molecular weight is 1030 g/mol. The van der Waals surface area contributed by atoms with Crippen molar-refractivity contribution in [3.63, 3.8) is 0 Å². The van der Waals surface area contributed by atoms with Gasteiger partial charge in [-0.1, -0.05) is 0 Å². The van der Waals surface area contributed by atoms with Crippen LogP contribution in [-0.4, -0.2) is 65.7 Å². The van der Waals surface area contributed by atoms with Crippen molar-refractivity contribution in [1.82, 2.24) is 29.9 Å². The van der Waals surface area contributed by atoms with Crippen LogP contribution in [0.3, 0.4) is 0 Å². The third kappa shape index (κ3) is 13.6. The molecule has 0 amide bonds. The summed E-state index contributed by atoms with van der Waals surface area (Å²) < 4.78 is 0. The van der Waals surface area contributed by atoms with Gasteiger partial charge in [-0.05, 0) is 72.8 Å².